The van der Waals surface area contributed by atoms with Crippen molar-refractivity contribution in [1.82, 2.24) is 5.32 Å². The predicted octanol–water partition coefficient (Wildman–Crippen LogP) is 2.11. The molecule has 2 atom stereocenters. The van der Waals surface area contributed by atoms with Gasteiger partial charge in [0.2, 0.25) is 11.8 Å². The molecule has 0 aliphatic heterocycles. The number of carbonyl (C=O) groups excluding carboxylic acids is 2. The van der Waals surface area contributed by atoms with Gasteiger partial charge in [-0.05, 0) is 36.6 Å². The molecule has 120 valence electrons. The molecule has 2 unspecified atom stereocenters. The summed E-state index contributed by atoms with van der Waals surface area (Å²) in [4.78, 5) is 23.3. The summed E-state index contributed by atoms with van der Waals surface area (Å²) in [5.41, 5.74) is 6.20. The molecule has 0 fully saturated rings. The van der Waals surface area contributed by atoms with Gasteiger partial charge >= 0.3 is 0 Å². The molecule has 1 rings (SSSR count). The monoisotopic (exact) mass is 304 g/mol. The maximum absolute atomic E-state index is 11.9. The minimum atomic E-state index is -0.650. The van der Waals surface area contributed by atoms with E-state index >= 15 is 0 Å². The third-order valence-corrected chi connectivity index (χ3v) is 3.44. The van der Waals surface area contributed by atoms with Crippen LogP contribution in [0.1, 0.15) is 32.8 Å². The SMILES string of the molecule is CCOc1ccc(C=CC(=O)NC(C(N)=O)C(C)CC)cc1. The predicted molar refractivity (Wildman–Crippen MR) is 87.2 cm³/mol. The zero-order chi connectivity index (χ0) is 16.5. The Morgan fingerprint density at radius 2 is 1.91 bits per heavy atom. The molecule has 0 aliphatic rings. The number of primary amides is 1. The van der Waals surface area contributed by atoms with Gasteiger partial charge in [-0.25, -0.2) is 0 Å². The number of amides is 2. The van der Waals surface area contributed by atoms with Crippen LogP contribution in [-0.4, -0.2) is 24.5 Å². The molecule has 0 heterocycles. The topological polar surface area (TPSA) is 81.4 Å². The van der Waals surface area contributed by atoms with E-state index in [9.17, 15) is 9.59 Å². The Morgan fingerprint density at radius 1 is 1.27 bits per heavy atom. The molecule has 22 heavy (non-hydrogen) atoms. The number of nitrogens with two attached hydrogens (primary N) is 1. The first-order chi connectivity index (χ1) is 10.5. The molecule has 0 saturated carbocycles. The molecule has 3 N–H and O–H groups in total. The lowest BCUT2D eigenvalue weighted by Crippen LogP contribution is -2.47. The minimum absolute atomic E-state index is 0.000302. The van der Waals surface area contributed by atoms with E-state index in [2.05, 4.69) is 5.32 Å². The second-order valence-electron chi connectivity index (χ2n) is 5.11. The highest BCUT2D eigenvalue weighted by Crippen LogP contribution is 2.13. The van der Waals surface area contributed by atoms with Crippen molar-refractivity contribution >= 4 is 17.9 Å². The molecule has 0 aromatic heterocycles. The van der Waals surface area contributed by atoms with Crippen molar-refractivity contribution in [3.8, 4) is 5.75 Å². The Bertz CT molecular complexity index is 523. The molecule has 0 aliphatic carbocycles. The number of hydrogen-bond acceptors (Lipinski definition) is 3. The van der Waals surface area contributed by atoms with E-state index in [1.165, 1.54) is 6.08 Å². The normalized spacial score (nSPS) is 13.6. The van der Waals surface area contributed by atoms with E-state index < -0.39 is 11.9 Å². The largest absolute Gasteiger partial charge is 0.494 e. The molecule has 2 amide bonds. The van der Waals surface area contributed by atoms with Gasteiger partial charge < -0.3 is 15.8 Å². The third-order valence-electron chi connectivity index (χ3n) is 3.44. The average Bonchev–Trinajstić information content (AvgIpc) is 2.51. The van der Waals surface area contributed by atoms with Crippen LogP contribution >= 0.6 is 0 Å². The van der Waals surface area contributed by atoms with Crippen LogP contribution in [0.2, 0.25) is 0 Å². The van der Waals surface area contributed by atoms with Crippen LogP contribution in [0.25, 0.3) is 6.08 Å². The van der Waals surface area contributed by atoms with Gasteiger partial charge in [-0.1, -0.05) is 32.4 Å². The van der Waals surface area contributed by atoms with Gasteiger partial charge in [0.15, 0.2) is 0 Å². The maximum atomic E-state index is 11.9. The first-order valence-corrected chi connectivity index (χ1v) is 7.48. The summed E-state index contributed by atoms with van der Waals surface area (Å²) < 4.78 is 5.35. The Morgan fingerprint density at radius 3 is 2.41 bits per heavy atom. The van der Waals surface area contributed by atoms with Crippen molar-refractivity contribution in [3.05, 3.63) is 35.9 Å². The second kappa shape index (κ2) is 8.87. The van der Waals surface area contributed by atoms with Gasteiger partial charge in [-0.2, -0.15) is 0 Å². The standard InChI is InChI=1S/C17H24N2O3/c1-4-12(3)16(17(18)21)19-15(20)11-8-13-6-9-14(10-7-13)22-5-2/h6-12,16H,4-5H2,1-3H3,(H2,18,21)(H,19,20). The van der Waals surface area contributed by atoms with Crippen molar-refractivity contribution in [2.45, 2.75) is 33.2 Å². The summed E-state index contributed by atoms with van der Waals surface area (Å²) in [6, 6.07) is 6.74. The number of nitrogens with one attached hydrogen (secondary N) is 1. The van der Waals surface area contributed by atoms with Gasteiger partial charge in [-0.15, -0.1) is 0 Å². The van der Waals surface area contributed by atoms with Crippen LogP contribution in [0.4, 0.5) is 0 Å². The van der Waals surface area contributed by atoms with E-state index in [-0.39, 0.29) is 11.8 Å². The summed E-state index contributed by atoms with van der Waals surface area (Å²) in [7, 11) is 0. The van der Waals surface area contributed by atoms with Crippen molar-refractivity contribution < 1.29 is 14.3 Å². The number of ether oxygens (including phenoxy) is 1. The van der Waals surface area contributed by atoms with Gasteiger partial charge in [0.25, 0.3) is 0 Å². The highest BCUT2D eigenvalue weighted by molar-refractivity contribution is 5.95. The van der Waals surface area contributed by atoms with E-state index in [0.29, 0.717) is 6.61 Å². The van der Waals surface area contributed by atoms with E-state index in [4.69, 9.17) is 10.5 Å². The second-order valence-corrected chi connectivity index (χ2v) is 5.11. The Hall–Kier alpha value is -2.30. The molecule has 5 nitrogen and oxygen atoms in total. The maximum Gasteiger partial charge on any atom is 0.244 e. The minimum Gasteiger partial charge on any atom is -0.494 e. The van der Waals surface area contributed by atoms with Crippen molar-refractivity contribution in [1.29, 1.82) is 0 Å². The third kappa shape index (κ3) is 5.60. The Kier molecular flexibility index (Phi) is 7.16. The first kappa shape index (κ1) is 17.8. The van der Waals surface area contributed by atoms with Crippen molar-refractivity contribution in [3.63, 3.8) is 0 Å². The summed E-state index contributed by atoms with van der Waals surface area (Å²) in [6.45, 7) is 6.36. The van der Waals surface area contributed by atoms with Crippen LogP contribution < -0.4 is 15.8 Å². The molecule has 1 aromatic carbocycles. The van der Waals surface area contributed by atoms with E-state index in [1.807, 2.05) is 45.0 Å². The van der Waals surface area contributed by atoms with Crippen LogP contribution in [0, 0.1) is 5.92 Å². The van der Waals surface area contributed by atoms with Gasteiger partial charge in [0.05, 0.1) is 6.61 Å². The first-order valence-electron chi connectivity index (χ1n) is 7.48. The highest BCUT2D eigenvalue weighted by Gasteiger charge is 2.22. The van der Waals surface area contributed by atoms with Crippen LogP contribution in [-0.2, 0) is 9.59 Å². The molecule has 0 bridgehead atoms. The summed E-state index contributed by atoms with van der Waals surface area (Å²) in [5.74, 6) is -0.0647. The quantitative estimate of drug-likeness (QED) is 0.722. The van der Waals surface area contributed by atoms with Crippen molar-refractivity contribution in [2.75, 3.05) is 6.61 Å². The van der Waals surface area contributed by atoms with E-state index in [0.717, 1.165) is 17.7 Å². The number of rotatable bonds is 8. The van der Waals surface area contributed by atoms with Crippen LogP contribution in [0.5, 0.6) is 5.75 Å². The molecule has 0 saturated heterocycles. The van der Waals surface area contributed by atoms with Crippen molar-refractivity contribution in [2.24, 2.45) is 11.7 Å². The zero-order valence-electron chi connectivity index (χ0n) is 13.3. The molecule has 0 spiro atoms. The van der Waals surface area contributed by atoms with Gasteiger partial charge in [0.1, 0.15) is 11.8 Å². The lowest BCUT2D eigenvalue weighted by Gasteiger charge is -2.20. The Balaban J connectivity index is 2.64. The fourth-order valence-electron chi connectivity index (χ4n) is 1.94. The van der Waals surface area contributed by atoms with Crippen LogP contribution in [0.3, 0.4) is 0 Å². The molecule has 5 heteroatoms. The molecule has 0 radical (unpaired) electrons. The summed E-state index contributed by atoms with van der Waals surface area (Å²) >= 11 is 0. The molecular formula is C17H24N2O3. The fraction of sp³-hybridized carbons (Fsp3) is 0.412. The smallest absolute Gasteiger partial charge is 0.244 e. The lowest BCUT2D eigenvalue weighted by molar-refractivity contribution is -0.126. The fourth-order valence-corrected chi connectivity index (χ4v) is 1.94. The number of carbonyl (C=O) groups is 2. The molecule has 1 aromatic rings. The number of hydrogen-bond donors (Lipinski definition) is 2. The van der Waals surface area contributed by atoms with E-state index in [1.54, 1.807) is 6.08 Å². The Labute approximate surface area is 131 Å². The summed E-state index contributed by atoms with van der Waals surface area (Å²) in [6.07, 6.45) is 3.84. The van der Waals surface area contributed by atoms with Crippen LogP contribution in [0.15, 0.2) is 30.3 Å². The average molecular weight is 304 g/mol. The number of benzene rings is 1. The summed E-state index contributed by atoms with van der Waals surface area (Å²) in [5, 5.41) is 2.64. The van der Waals surface area contributed by atoms with Gasteiger partial charge in [-0.3, -0.25) is 9.59 Å². The lowest BCUT2D eigenvalue weighted by atomic mass is 9.98. The zero-order valence-corrected chi connectivity index (χ0v) is 13.3. The molecular weight excluding hydrogens is 280 g/mol. The van der Waals surface area contributed by atoms with Gasteiger partial charge in [0, 0.05) is 6.08 Å². The highest BCUT2D eigenvalue weighted by atomic mass is 16.5.